The number of nitrogens with two attached hydrogens (primary N) is 1. The van der Waals surface area contributed by atoms with E-state index in [1.165, 1.54) is 26.4 Å². The van der Waals surface area contributed by atoms with Gasteiger partial charge in [0.15, 0.2) is 11.5 Å². The van der Waals surface area contributed by atoms with E-state index < -0.39 is 12.6 Å². The topological polar surface area (TPSA) is 56.5 Å². The van der Waals surface area contributed by atoms with Crippen molar-refractivity contribution in [2.45, 2.75) is 12.6 Å². The second-order valence-electron chi connectivity index (χ2n) is 3.59. The van der Waals surface area contributed by atoms with Gasteiger partial charge in [0.05, 0.1) is 32.0 Å². The molecular formula is C11H15F3N2O2. The van der Waals surface area contributed by atoms with E-state index in [2.05, 4.69) is 5.32 Å². The summed E-state index contributed by atoms with van der Waals surface area (Å²) in [5.41, 5.74) is 6.38. The first kappa shape index (κ1) is 14.3. The van der Waals surface area contributed by atoms with Crippen molar-refractivity contribution >= 4 is 11.4 Å². The van der Waals surface area contributed by atoms with Crippen LogP contribution in [0.15, 0.2) is 12.1 Å². The Bertz CT molecular complexity index is 408. The van der Waals surface area contributed by atoms with E-state index in [-0.39, 0.29) is 6.54 Å². The number of hydrogen-bond donors (Lipinski definition) is 2. The number of rotatable bonds is 5. The lowest BCUT2D eigenvalue weighted by atomic mass is 10.2. The molecule has 0 aliphatic carbocycles. The summed E-state index contributed by atoms with van der Waals surface area (Å²) in [5, 5.41) is 2.61. The number of benzene rings is 1. The lowest BCUT2D eigenvalue weighted by molar-refractivity contribution is -0.131. The van der Waals surface area contributed by atoms with Crippen LogP contribution >= 0.6 is 0 Å². The molecule has 1 aromatic rings. The number of hydrogen-bond acceptors (Lipinski definition) is 4. The van der Waals surface area contributed by atoms with Crippen LogP contribution in [0.1, 0.15) is 6.42 Å². The fraction of sp³-hybridized carbons (Fsp3) is 0.455. The first-order valence-electron chi connectivity index (χ1n) is 5.19. The highest BCUT2D eigenvalue weighted by atomic mass is 19.4. The highest BCUT2D eigenvalue weighted by Gasteiger charge is 2.26. The molecule has 0 aliphatic rings. The molecule has 4 nitrogen and oxygen atoms in total. The van der Waals surface area contributed by atoms with Crippen molar-refractivity contribution < 1.29 is 22.6 Å². The van der Waals surface area contributed by atoms with Crippen molar-refractivity contribution in [3.05, 3.63) is 12.1 Å². The highest BCUT2D eigenvalue weighted by Crippen LogP contribution is 2.35. The van der Waals surface area contributed by atoms with E-state index in [9.17, 15) is 13.2 Å². The van der Waals surface area contributed by atoms with Crippen molar-refractivity contribution in [1.29, 1.82) is 0 Å². The molecule has 0 unspecified atom stereocenters. The lowest BCUT2D eigenvalue weighted by Crippen LogP contribution is -2.15. The Labute approximate surface area is 103 Å². The standard InChI is InChI=1S/C11H15F3N2O2/c1-17-9-5-7(15)8(6-10(9)18-2)16-4-3-11(12,13)14/h5-6,16H,3-4,15H2,1-2H3. The van der Waals surface area contributed by atoms with Crippen LogP contribution in [0.4, 0.5) is 24.5 Å². The van der Waals surface area contributed by atoms with E-state index in [4.69, 9.17) is 15.2 Å². The molecule has 3 N–H and O–H groups in total. The van der Waals surface area contributed by atoms with Crippen LogP contribution in [-0.2, 0) is 0 Å². The average Bonchev–Trinajstić information content (AvgIpc) is 2.29. The average molecular weight is 264 g/mol. The van der Waals surface area contributed by atoms with Gasteiger partial charge in [0.2, 0.25) is 0 Å². The van der Waals surface area contributed by atoms with Gasteiger partial charge < -0.3 is 20.5 Å². The van der Waals surface area contributed by atoms with Gasteiger partial charge in [-0.3, -0.25) is 0 Å². The van der Waals surface area contributed by atoms with Gasteiger partial charge in [0.1, 0.15) is 0 Å². The molecule has 0 aromatic heterocycles. The second-order valence-corrected chi connectivity index (χ2v) is 3.59. The van der Waals surface area contributed by atoms with Crippen LogP contribution in [0.3, 0.4) is 0 Å². The molecule has 0 amide bonds. The van der Waals surface area contributed by atoms with Crippen molar-refractivity contribution in [3.63, 3.8) is 0 Å². The molecule has 1 rings (SSSR count). The molecule has 7 heteroatoms. The van der Waals surface area contributed by atoms with Crippen LogP contribution < -0.4 is 20.5 Å². The first-order valence-corrected chi connectivity index (χ1v) is 5.19. The summed E-state index contributed by atoms with van der Waals surface area (Å²) in [6.07, 6.45) is -5.13. The van der Waals surface area contributed by atoms with E-state index in [1.807, 2.05) is 0 Å². The van der Waals surface area contributed by atoms with Crippen molar-refractivity contribution in [3.8, 4) is 11.5 Å². The molecule has 0 heterocycles. The van der Waals surface area contributed by atoms with Crippen molar-refractivity contribution in [1.82, 2.24) is 0 Å². The van der Waals surface area contributed by atoms with Crippen LogP contribution in [-0.4, -0.2) is 26.9 Å². The molecular weight excluding hydrogens is 249 g/mol. The minimum Gasteiger partial charge on any atom is -0.493 e. The molecule has 0 radical (unpaired) electrons. The van der Waals surface area contributed by atoms with Gasteiger partial charge in [0.25, 0.3) is 0 Å². The SMILES string of the molecule is COc1cc(N)c(NCCC(F)(F)F)cc1OC. The molecule has 18 heavy (non-hydrogen) atoms. The quantitative estimate of drug-likeness (QED) is 0.803. The molecule has 1 aromatic carbocycles. The molecule has 0 bridgehead atoms. The van der Waals surface area contributed by atoms with E-state index in [1.54, 1.807) is 0 Å². The minimum absolute atomic E-state index is 0.247. The Balaban J connectivity index is 2.77. The predicted molar refractivity (Wildman–Crippen MR) is 63.1 cm³/mol. The third kappa shape index (κ3) is 3.90. The van der Waals surface area contributed by atoms with Gasteiger partial charge >= 0.3 is 6.18 Å². The Morgan fingerprint density at radius 1 is 1.17 bits per heavy atom. The third-order valence-electron chi connectivity index (χ3n) is 2.28. The van der Waals surface area contributed by atoms with Crippen LogP contribution in [0.2, 0.25) is 0 Å². The maximum Gasteiger partial charge on any atom is 0.390 e. The summed E-state index contributed by atoms with van der Waals surface area (Å²) in [6, 6.07) is 3.00. The first-order chi connectivity index (χ1) is 8.37. The van der Waals surface area contributed by atoms with Gasteiger partial charge in [-0.2, -0.15) is 13.2 Å². The molecule has 0 aliphatic heterocycles. The van der Waals surface area contributed by atoms with Gasteiger partial charge in [-0.1, -0.05) is 0 Å². The number of nitrogen functional groups attached to an aromatic ring is 1. The Hall–Kier alpha value is -1.79. The minimum atomic E-state index is -4.20. The zero-order valence-corrected chi connectivity index (χ0v) is 10.1. The number of nitrogens with one attached hydrogen (secondary N) is 1. The van der Waals surface area contributed by atoms with Crippen LogP contribution in [0.25, 0.3) is 0 Å². The van der Waals surface area contributed by atoms with Gasteiger partial charge in [-0.25, -0.2) is 0 Å². The van der Waals surface area contributed by atoms with Crippen molar-refractivity contribution in [2.24, 2.45) is 0 Å². The summed E-state index contributed by atoms with van der Waals surface area (Å²) >= 11 is 0. The molecule has 0 atom stereocenters. The van der Waals surface area contributed by atoms with E-state index in [0.717, 1.165) is 0 Å². The predicted octanol–water partition coefficient (Wildman–Crippen LogP) is 2.65. The maximum atomic E-state index is 12.0. The Morgan fingerprint density at radius 3 is 2.22 bits per heavy atom. The molecule has 0 saturated carbocycles. The van der Waals surface area contributed by atoms with Gasteiger partial charge in [-0.15, -0.1) is 0 Å². The summed E-state index contributed by atoms with van der Waals surface area (Å²) in [4.78, 5) is 0. The summed E-state index contributed by atoms with van der Waals surface area (Å²) in [5.74, 6) is 0.831. The Kier molecular flexibility index (Phi) is 4.52. The highest BCUT2D eigenvalue weighted by molar-refractivity contribution is 5.72. The fourth-order valence-electron chi connectivity index (χ4n) is 1.39. The maximum absolute atomic E-state index is 12.0. The van der Waals surface area contributed by atoms with Crippen LogP contribution in [0.5, 0.6) is 11.5 Å². The zero-order valence-electron chi connectivity index (χ0n) is 10.1. The second kappa shape index (κ2) is 5.70. The number of halogens is 3. The number of anilines is 2. The monoisotopic (exact) mass is 264 g/mol. The number of alkyl halides is 3. The number of ether oxygens (including phenoxy) is 2. The smallest absolute Gasteiger partial charge is 0.390 e. The third-order valence-corrected chi connectivity index (χ3v) is 2.28. The zero-order chi connectivity index (χ0) is 13.8. The number of methoxy groups -OCH3 is 2. The molecule has 102 valence electrons. The molecule has 0 spiro atoms. The Morgan fingerprint density at radius 2 is 1.72 bits per heavy atom. The largest absolute Gasteiger partial charge is 0.493 e. The normalized spacial score (nSPS) is 11.2. The van der Waals surface area contributed by atoms with E-state index in [0.29, 0.717) is 22.9 Å². The summed E-state index contributed by atoms with van der Waals surface area (Å²) in [6.45, 7) is -0.247. The molecule has 0 fully saturated rings. The van der Waals surface area contributed by atoms with Gasteiger partial charge in [-0.05, 0) is 0 Å². The fourth-order valence-corrected chi connectivity index (χ4v) is 1.39. The lowest BCUT2D eigenvalue weighted by Gasteiger charge is -2.14. The summed E-state index contributed by atoms with van der Waals surface area (Å²) < 4.78 is 46.1. The summed E-state index contributed by atoms with van der Waals surface area (Å²) in [7, 11) is 2.89. The van der Waals surface area contributed by atoms with Gasteiger partial charge in [0, 0.05) is 18.7 Å². The van der Waals surface area contributed by atoms with Crippen LogP contribution in [0, 0.1) is 0 Å². The van der Waals surface area contributed by atoms with Crippen molar-refractivity contribution in [2.75, 3.05) is 31.8 Å². The molecule has 0 saturated heterocycles. The van der Waals surface area contributed by atoms with E-state index >= 15 is 0 Å².